The van der Waals surface area contributed by atoms with Gasteiger partial charge in [0, 0.05) is 42.3 Å². The zero-order chi connectivity index (χ0) is 30.4. The molecule has 1 aromatic heterocycles. The molecule has 0 radical (unpaired) electrons. The first kappa shape index (κ1) is 30.5. The van der Waals surface area contributed by atoms with Gasteiger partial charge in [0.05, 0.1) is 17.0 Å². The number of benzene rings is 4. The van der Waals surface area contributed by atoms with E-state index in [1.165, 1.54) is 24.3 Å². The molecule has 0 amide bonds. The first-order valence-electron chi connectivity index (χ1n) is 14.3. The summed E-state index contributed by atoms with van der Waals surface area (Å²) in [6, 6.07) is 29.5. The lowest BCUT2D eigenvalue weighted by Crippen LogP contribution is -2.25. The number of aromatic nitrogens is 2. The smallest absolute Gasteiger partial charge is 0.326 e. The minimum atomic E-state index is -4.45. The Kier molecular flexibility index (Phi) is 9.63. The fraction of sp³-hybridized carbons (Fsp3) is 0.229. The normalized spacial score (nSPS) is 11.8. The van der Waals surface area contributed by atoms with Gasteiger partial charge < -0.3 is 4.57 Å². The van der Waals surface area contributed by atoms with Crippen LogP contribution < -0.4 is 0 Å². The topological polar surface area (TPSA) is 21.1 Å². The summed E-state index contributed by atoms with van der Waals surface area (Å²) in [5, 5.41) is 0.266. The van der Waals surface area contributed by atoms with E-state index in [0.717, 1.165) is 53.8 Å². The number of hydrogen-bond acceptors (Lipinski definition) is 2. The van der Waals surface area contributed by atoms with E-state index < -0.39 is 17.6 Å². The second-order valence-corrected chi connectivity index (χ2v) is 11.0. The van der Waals surface area contributed by atoms with Crippen molar-refractivity contribution >= 4 is 11.6 Å². The number of unbranched alkanes of at least 4 members (excludes halogenated alkanes) is 1. The third-order valence-electron chi connectivity index (χ3n) is 7.33. The van der Waals surface area contributed by atoms with Crippen LogP contribution in [0.15, 0.2) is 103 Å². The van der Waals surface area contributed by atoms with Crippen LogP contribution in [0.25, 0.3) is 22.6 Å². The molecule has 0 spiro atoms. The van der Waals surface area contributed by atoms with Crippen molar-refractivity contribution in [3.8, 4) is 22.6 Å². The third-order valence-corrected chi connectivity index (χ3v) is 7.68. The molecule has 0 aliphatic heterocycles. The first-order valence-corrected chi connectivity index (χ1v) is 14.6. The van der Waals surface area contributed by atoms with E-state index in [1.54, 1.807) is 12.1 Å². The Bertz CT molecular complexity index is 1650. The maximum atomic E-state index is 13.9. The molecule has 222 valence electrons. The first-order chi connectivity index (χ1) is 20.7. The molecule has 0 saturated heterocycles. The van der Waals surface area contributed by atoms with E-state index in [4.69, 9.17) is 16.6 Å². The molecule has 0 fully saturated rings. The van der Waals surface area contributed by atoms with Gasteiger partial charge in [-0.1, -0.05) is 110 Å². The second-order valence-electron chi connectivity index (χ2n) is 10.5. The van der Waals surface area contributed by atoms with E-state index in [-0.39, 0.29) is 11.6 Å². The summed E-state index contributed by atoms with van der Waals surface area (Å²) in [5.74, 6) is 0.386. The van der Waals surface area contributed by atoms with E-state index in [0.29, 0.717) is 24.2 Å². The van der Waals surface area contributed by atoms with Crippen molar-refractivity contribution in [3.05, 3.63) is 136 Å². The highest BCUT2D eigenvalue weighted by atomic mass is 35.5. The third kappa shape index (κ3) is 7.53. The van der Waals surface area contributed by atoms with Crippen molar-refractivity contribution in [2.75, 3.05) is 0 Å². The predicted octanol–water partition coefficient (Wildman–Crippen LogP) is 10.0. The zero-order valence-electron chi connectivity index (χ0n) is 23.8. The molecule has 4 aromatic carbocycles. The van der Waals surface area contributed by atoms with Gasteiger partial charge in [0.1, 0.15) is 11.6 Å². The lowest BCUT2D eigenvalue weighted by molar-refractivity contribution is -0.137. The molecule has 3 nitrogen and oxygen atoms in total. The predicted molar refractivity (Wildman–Crippen MR) is 164 cm³/mol. The van der Waals surface area contributed by atoms with Crippen LogP contribution in [0.1, 0.15) is 42.1 Å². The summed E-state index contributed by atoms with van der Waals surface area (Å²) in [5.41, 5.74) is 4.18. The summed E-state index contributed by atoms with van der Waals surface area (Å²) in [6.07, 6.45) is -2.55. The molecule has 8 heteroatoms. The quantitative estimate of drug-likeness (QED) is 0.140. The molecular formula is C35H32ClF4N3. The summed E-state index contributed by atoms with van der Waals surface area (Å²) in [7, 11) is 0. The molecule has 0 atom stereocenters. The van der Waals surface area contributed by atoms with Crippen LogP contribution in [-0.2, 0) is 32.4 Å². The number of hydrogen-bond donors (Lipinski definition) is 0. The Morgan fingerprint density at radius 3 is 2.14 bits per heavy atom. The molecule has 5 rings (SSSR count). The molecule has 5 aromatic rings. The molecule has 1 heterocycles. The minimum Gasteiger partial charge on any atom is -0.326 e. The molecule has 0 saturated carbocycles. The van der Waals surface area contributed by atoms with Crippen molar-refractivity contribution < 1.29 is 17.6 Å². The van der Waals surface area contributed by atoms with Gasteiger partial charge >= 0.3 is 6.18 Å². The van der Waals surface area contributed by atoms with Gasteiger partial charge in [0.2, 0.25) is 0 Å². The summed E-state index contributed by atoms with van der Waals surface area (Å²) in [4.78, 5) is 7.20. The Labute approximate surface area is 254 Å². The van der Waals surface area contributed by atoms with Crippen LogP contribution in [0.5, 0.6) is 0 Å². The van der Waals surface area contributed by atoms with Crippen LogP contribution >= 0.6 is 11.6 Å². The Balaban J connectivity index is 1.63. The van der Waals surface area contributed by atoms with Gasteiger partial charge in [-0.15, -0.1) is 0 Å². The molecule has 0 unspecified atom stereocenters. The number of alkyl halides is 3. The highest BCUT2D eigenvalue weighted by molar-refractivity contribution is 6.31. The highest BCUT2D eigenvalue weighted by Crippen LogP contribution is 2.33. The van der Waals surface area contributed by atoms with Crippen molar-refractivity contribution in [3.63, 3.8) is 0 Å². The van der Waals surface area contributed by atoms with Gasteiger partial charge in [-0.2, -0.15) is 13.2 Å². The molecule has 0 aliphatic rings. The van der Waals surface area contributed by atoms with E-state index in [9.17, 15) is 17.6 Å². The van der Waals surface area contributed by atoms with Crippen LogP contribution in [0.2, 0.25) is 5.02 Å². The molecule has 0 bridgehead atoms. The van der Waals surface area contributed by atoms with Crippen LogP contribution in [0.4, 0.5) is 17.6 Å². The van der Waals surface area contributed by atoms with Gasteiger partial charge in [-0.25, -0.2) is 9.37 Å². The number of nitrogens with zero attached hydrogens (tertiary/aromatic N) is 3. The monoisotopic (exact) mass is 605 g/mol. The van der Waals surface area contributed by atoms with Gasteiger partial charge in [-0.05, 0) is 35.7 Å². The lowest BCUT2D eigenvalue weighted by Gasteiger charge is -2.25. The number of halogens is 5. The fourth-order valence-electron chi connectivity index (χ4n) is 5.21. The minimum absolute atomic E-state index is 0.214. The molecule has 0 aliphatic carbocycles. The largest absolute Gasteiger partial charge is 0.416 e. The van der Waals surface area contributed by atoms with Crippen LogP contribution in [-0.4, -0.2) is 14.5 Å². The molecule has 43 heavy (non-hydrogen) atoms. The van der Waals surface area contributed by atoms with Crippen molar-refractivity contribution in [1.29, 1.82) is 0 Å². The standard InChI is InChI=1S/C35H32ClF4N3/c1-2-3-19-43-32(33(26-12-6-4-7-13-26)41-34(43)27-14-8-5-9-15-27)24-42(23-28-17-18-30(37)21-31(28)36)22-25-11-10-16-29(20-25)35(38,39)40/h4-18,20-21H,2-3,19,22-24H2,1H3. The highest BCUT2D eigenvalue weighted by Gasteiger charge is 2.30. The maximum Gasteiger partial charge on any atom is 0.416 e. The SMILES string of the molecule is CCCCn1c(-c2ccccc2)nc(-c2ccccc2)c1CN(Cc1cccc(C(F)(F)F)c1)Cc1ccc(F)cc1Cl. The van der Waals surface area contributed by atoms with Gasteiger partial charge in [-0.3, -0.25) is 4.90 Å². The van der Waals surface area contributed by atoms with Crippen molar-refractivity contribution in [2.45, 2.75) is 52.1 Å². The van der Waals surface area contributed by atoms with E-state index in [1.807, 2.05) is 65.6 Å². The van der Waals surface area contributed by atoms with Crippen molar-refractivity contribution in [2.24, 2.45) is 0 Å². The zero-order valence-corrected chi connectivity index (χ0v) is 24.5. The van der Waals surface area contributed by atoms with E-state index >= 15 is 0 Å². The molecule has 0 N–H and O–H groups in total. The Morgan fingerprint density at radius 2 is 1.49 bits per heavy atom. The average Bonchev–Trinajstić information content (AvgIpc) is 3.35. The molecular weight excluding hydrogens is 574 g/mol. The van der Waals surface area contributed by atoms with Crippen LogP contribution in [0.3, 0.4) is 0 Å². The number of rotatable bonds is 11. The van der Waals surface area contributed by atoms with Gasteiger partial charge in [0.15, 0.2) is 0 Å². The van der Waals surface area contributed by atoms with E-state index in [2.05, 4.69) is 11.5 Å². The Morgan fingerprint density at radius 1 is 0.791 bits per heavy atom. The maximum absolute atomic E-state index is 13.9. The van der Waals surface area contributed by atoms with Crippen LogP contribution in [0, 0.1) is 5.82 Å². The lowest BCUT2D eigenvalue weighted by atomic mass is 10.1. The second kappa shape index (κ2) is 13.6. The summed E-state index contributed by atoms with van der Waals surface area (Å²) >= 11 is 6.44. The summed E-state index contributed by atoms with van der Waals surface area (Å²) in [6.45, 7) is 3.74. The van der Waals surface area contributed by atoms with Gasteiger partial charge in [0.25, 0.3) is 0 Å². The summed E-state index contributed by atoms with van der Waals surface area (Å²) < 4.78 is 56.9. The average molecular weight is 606 g/mol. The fourth-order valence-corrected chi connectivity index (χ4v) is 5.44. The van der Waals surface area contributed by atoms with Crippen molar-refractivity contribution in [1.82, 2.24) is 14.5 Å². The number of imidazole rings is 1. The Hall–Kier alpha value is -3.94.